The van der Waals surface area contributed by atoms with E-state index in [0.29, 0.717) is 36.6 Å². The number of hydrogen-bond donors (Lipinski definition) is 3. The minimum Gasteiger partial charge on any atom is -0.371 e. The fourth-order valence-electron chi connectivity index (χ4n) is 6.47. The molecule has 286 valence electrons. The van der Waals surface area contributed by atoms with Crippen LogP contribution in [0.2, 0.25) is 0 Å². The maximum atomic E-state index is 13.9. The van der Waals surface area contributed by atoms with E-state index in [1.807, 2.05) is 48.5 Å². The van der Waals surface area contributed by atoms with Crippen LogP contribution in [0, 0.1) is 0 Å². The van der Waals surface area contributed by atoms with Gasteiger partial charge < -0.3 is 15.5 Å². The lowest BCUT2D eigenvalue weighted by Crippen LogP contribution is -2.49. The summed E-state index contributed by atoms with van der Waals surface area (Å²) >= 11 is 0. The molecule has 2 aliphatic rings. The normalized spacial score (nSPS) is 15.7. The highest BCUT2D eigenvalue weighted by Crippen LogP contribution is 2.35. The first kappa shape index (κ1) is 38.2. The number of rotatable bonds is 12. The molecule has 4 aromatic rings. The topological polar surface area (TPSA) is 156 Å². The largest absolute Gasteiger partial charge is 0.421 e. The Morgan fingerprint density at radius 2 is 1.70 bits per heavy atom. The first-order valence-electron chi connectivity index (χ1n) is 17.2. The zero-order chi connectivity index (χ0) is 38.6. The summed E-state index contributed by atoms with van der Waals surface area (Å²) in [5.74, 6) is -0.709. The van der Waals surface area contributed by atoms with Crippen LogP contribution < -0.4 is 30.1 Å². The van der Waals surface area contributed by atoms with Crippen molar-refractivity contribution in [2.75, 3.05) is 64.7 Å². The van der Waals surface area contributed by atoms with Gasteiger partial charge in [0, 0.05) is 87.3 Å². The summed E-state index contributed by atoms with van der Waals surface area (Å²) in [4.78, 5) is 42.2. The lowest BCUT2D eigenvalue weighted by atomic mass is 10.0. The molecular formula is C36H41F3N10O4S. The highest BCUT2D eigenvalue weighted by molar-refractivity contribution is 7.92. The number of amides is 3. The Kier molecular flexibility index (Phi) is 11.2. The Hall–Kier alpha value is -5.49. The third kappa shape index (κ3) is 9.17. The second-order valence-corrected chi connectivity index (χ2v) is 15.3. The van der Waals surface area contributed by atoms with Crippen LogP contribution in [0.5, 0.6) is 0 Å². The number of hydrogen-bond acceptors (Lipinski definition) is 11. The van der Waals surface area contributed by atoms with Gasteiger partial charge in [-0.1, -0.05) is 18.2 Å². The molecule has 2 aromatic carbocycles. The summed E-state index contributed by atoms with van der Waals surface area (Å²) in [5.41, 5.74) is 2.71. The van der Waals surface area contributed by atoms with Gasteiger partial charge in [0.1, 0.15) is 17.2 Å². The van der Waals surface area contributed by atoms with E-state index < -0.39 is 33.6 Å². The number of carbonyl (C=O) groups excluding carboxylic acids is 2. The molecule has 0 aliphatic carbocycles. The van der Waals surface area contributed by atoms with E-state index in [9.17, 15) is 31.2 Å². The highest BCUT2D eigenvalue weighted by atomic mass is 32.2. The van der Waals surface area contributed by atoms with Gasteiger partial charge >= 0.3 is 12.2 Å². The van der Waals surface area contributed by atoms with Crippen LogP contribution in [0.1, 0.15) is 36.0 Å². The molecule has 0 saturated carbocycles. The lowest BCUT2D eigenvalue weighted by molar-refractivity contribution is -0.137. The molecule has 3 amide bonds. The van der Waals surface area contributed by atoms with E-state index in [-0.39, 0.29) is 30.6 Å². The molecule has 14 nitrogen and oxygen atoms in total. The van der Waals surface area contributed by atoms with Crippen molar-refractivity contribution in [3.05, 3.63) is 89.7 Å². The molecule has 18 heteroatoms. The Labute approximate surface area is 311 Å². The molecule has 0 unspecified atom stereocenters. The number of halogens is 3. The minimum atomic E-state index is -4.74. The molecule has 0 radical (unpaired) electrons. The fraction of sp³-hybridized carbons (Fsp3) is 0.361. The third-order valence-electron chi connectivity index (χ3n) is 9.49. The van der Waals surface area contributed by atoms with Crippen LogP contribution in [0.15, 0.2) is 73.1 Å². The van der Waals surface area contributed by atoms with Crippen LogP contribution in [0.4, 0.5) is 52.6 Å². The standard InChI is InChI=1S/C36H41F3N10O4S/c1-46(23-24-6-4-8-29(20-24)49-19-15-31(50)44-35(49)51)27-13-17-48(18-14-27)28-11-9-26(10-12-28)43-34-42-22-30(36(37,38)39)32(45-34)41-21-25-7-5-16-40-33(25)47(2)54(3,52)53/h4-12,16,20,22,27H,13-15,17-19,21,23H2,1-3H3,(H,44,50,51)(H2,41,42,43,45). The molecule has 0 atom stereocenters. The third-order valence-corrected chi connectivity index (χ3v) is 10.7. The number of aromatic nitrogens is 3. The second kappa shape index (κ2) is 15.9. The van der Waals surface area contributed by atoms with Crippen molar-refractivity contribution < 1.29 is 31.2 Å². The monoisotopic (exact) mass is 766 g/mol. The Balaban J connectivity index is 1.05. The van der Waals surface area contributed by atoms with Gasteiger partial charge in [0.05, 0.1) is 6.26 Å². The number of sulfonamides is 1. The number of nitrogens with one attached hydrogen (secondary N) is 3. The van der Waals surface area contributed by atoms with Crippen molar-refractivity contribution >= 4 is 56.6 Å². The zero-order valence-corrected chi connectivity index (χ0v) is 30.8. The van der Waals surface area contributed by atoms with Gasteiger partial charge in [0.25, 0.3) is 0 Å². The van der Waals surface area contributed by atoms with E-state index in [4.69, 9.17) is 0 Å². The maximum absolute atomic E-state index is 13.9. The summed E-state index contributed by atoms with van der Waals surface area (Å²) < 4.78 is 66.9. The molecular weight excluding hydrogens is 726 g/mol. The van der Waals surface area contributed by atoms with Crippen molar-refractivity contribution in [2.45, 2.75) is 44.6 Å². The molecule has 2 saturated heterocycles. The number of alkyl halides is 3. The maximum Gasteiger partial charge on any atom is 0.421 e. The lowest BCUT2D eigenvalue weighted by Gasteiger charge is -2.38. The number of urea groups is 1. The number of benzene rings is 2. The van der Waals surface area contributed by atoms with Gasteiger partial charge in [-0.25, -0.2) is 23.2 Å². The van der Waals surface area contributed by atoms with Gasteiger partial charge in [-0.15, -0.1) is 0 Å². The average molecular weight is 767 g/mol. The van der Waals surface area contributed by atoms with Crippen LogP contribution in [0.3, 0.4) is 0 Å². The number of anilines is 6. The second-order valence-electron chi connectivity index (χ2n) is 13.3. The number of imide groups is 1. The molecule has 54 heavy (non-hydrogen) atoms. The number of piperidine rings is 1. The van der Waals surface area contributed by atoms with Crippen molar-refractivity contribution in [1.82, 2.24) is 25.2 Å². The first-order valence-corrected chi connectivity index (χ1v) is 19.1. The van der Waals surface area contributed by atoms with Crippen LogP contribution in [0.25, 0.3) is 0 Å². The summed E-state index contributed by atoms with van der Waals surface area (Å²) in [7, 11) is -0.252. The molecule has 3 N–H and O–H groups in total. The molecule has 0 bridgehead atoms. The van der Waals surface area contributed by atoms with Crippen molar-refractivity contribution in [3.8, 4) is 0 Å². The predicted molar refractivity (Wildman–Crippen MR) is 200 cm³/mol. The summed E-state index contributed by atoms with van der Waals surface area (Å²) in [6.45, 7) is 2.55. The van der Waals surface area contributed by atoms with Crippen LogP contribution >= 0.6 is 0 Å². The van der Waals surface area contributed by atoms with E-state index >= 15 is 0 Å². The minimum absolute atomic E-state index is 0.0541. The van der Waals surface area contributed by atoms with E-state index in [0.717, 1.165) is 53.4 Å². The Morgan fingerprint density at radius 3 is 2.39 bits per heavy atom. The number of carbonyl (C=O) groups is 2. The smallest absolute Gasteiger partial charge is 0.371 e. The highest BCUT2D eigenvalue weighted by Gasteiger charge is 2.35. The van der Waals surface area contributed by atoms with Gasteiger partial charge in [0.2, 0.25) is 21.9 Å². The predicted octanol–water partition coefficient (Wildman–Crippen LogP) is 5.19. The number of pyridine rings is 1. The quantitative estimate of drug-likeness (QED) is 0.175. The van der Waals surface area contributed by atoms with Gasteiger partial charge in [-0.3, -0.25) is 24.2 Å². The number of nitrogens with zero attached hydrogens (tertiary/aromatic N) is 7. The van der Waals surface area contributed by atoms with E-state index in [1.165, 1.54) is 13.2 Å². The molecule has 2 fully saturated rings. The van der Waals surface area contributed by atoms with Crippen LogP contribution in [-0.2, 0) is 34.1 Å². The van der Waals surface area contributed by atoms with Crippen molar-refractivity contribution in [1.29, 1.82) is 0 Å². The Morgan fingerprint density at radius 1 is 0.963 bits per heavy atom. The summed E-state index contributed by atoms with van der Waals surface area (Å²) in [6, 6.07) is 18.4. The molecule has 4 heterocycles. The summed E-state index contributed by atoms with van der Waals surface area (Å²) in [6.07, 6.45) is 0.510. The van der Waals surface area contributed by atoms with E-state index in [1.54, 1.807) is 17.0 Å². The summed E-state index contributed by atoms with van der Waals surface area (Å²) in [5, 5.41) is 8.04. The molecule has 0 spiro atoms. The fourth-order valence-corrected chi connectivity index (χ4v) is 6.95. The molecule has 2 aliphatic heterocycles. The average Bonchev–Trinajstić information content (AvgIpc) is 3.13. The SMILES string of the molecule is CN(Cc1cccc(N2CCC(=O)NC2=O)c1)C1CCN(c2ccc(Nc3ncc(C(F)(F)F)c(NCc4cccnc4N(C)S(C)(=O)=O)n3)cc2)CC1. The zero-order valence-electron chi connectivity index (χ0n) is 30.0. The van der Waals surface area contributed by atoms with Crippen LogP contribution in [-0.4, -0.2) is 86.2 Å². The Bertz CT molecular complexity index is 2090. The van der Waals surface area contributed by atoms with E-state index in [2.05, 4.69) is 47.7 Å². The molecule has 2 aromatic heterocycles. The first-order chi connectivity index (χ1) is 25.7. The van der Waals surface area contributed by atoms with Gasteiger partial charge in [-0.05, 0) is 67.9 Å². The van der Waals surface area contributed by atoms with Crippen molar-refractivity contribution in [2.24, 2.45) is 0 Å². The molecule has 6 rings (SSSR count). The van der Waals surface area contributed by atoms with Gasteiger partial charge in [-0.2, -0.15) is 18.2 Å². The van der Waals surface area contributed by atoms with Gasteiger partial charge in [0.15, 0.2) is 0 Å². The van der Waals surface area contributed by atoms with Crippen molar-refractivity contribution in [3.63, 3.8) is 0 Å².